The van der Waals surface area contributed by atoms with E-state index in [9.17, 15) is 0 Å². The molecule has 1 unspecified atom stereocenters. The summed E-state index contributed by atoms with van der Waals surface area (Å²) in [6.07, 6.45) is 11.5. The minimum absolute atomic E-state index is 0.447. The van der Waals surface area contributed by atoms with Crippen LogP contribution in [-0.2, 0) is 0 Å². The van der Waals surface area contributed by atoms with Crippen molar-refractivity contribution in [2.24, 2.45) is 0 Å². The minimum Gasteiger partial charge on any atom is -0.354 e. The number of hydrogen-bond donors (Lipinski definition) is 1. The van der Waals surface area contributed by atoms with Gasteiger partial charge in [-0.1, -0.05) is 196 Å². The summed E-state index contributed by atoms with van der Waals surface area (Å²) in [7, 11) is 2.24. The van der Waals surface area contributed by atoms with Gasteiger partial charge in [0.2, 0.25) is 0 Å². The van der Waals surface area contributed by atoms with Gasteiger partial charge in [-0.2, -0.15) is 0 Å². The van der Waals surface area contributed by atoms with Gasteiger partial charge < -0.3 is 4.98 Å². The Hall–Kier alpha value is -6.64. The van der Waals surface area contributed by atoms with E-state index in [1.807, 2.05) is 0 Å². The Kier molecular flexibility index (Phi) is 11.0. The highest BCUT2D eigenvalue weighted by Crippen LogP contribution is 2.43. The summed E-state index contributed by atoms with van der Waals surface area (Å²) in [6.45, 7) is 13.9. The lowest BCUT2D eigenvalue weighted by Gasteiger charge is -2.28. The van der Waals surface area contributed by atoms with Crippen molar-refractivity contribution in [3.63, 3.8) is 0 Å². The van der Waals surface area contributed by atoms with Crippen molar-refractivity contribution < 1.29 is 0 Å². The van der Waals surface area contributed by atoms with Crippen molar-refractivity contribution in [2.45, 2.75) is 52.4 Å². The van der Waals surface area contributed by atoms with Crippen molar-refractivity contribution in [3.05, 3.63) is 227 Å². The summed E-state index contributed by atoms with van der Waals surface area (Å²) in [6, 6.07) is 57.2. The van der Waals surface area contributed by atoms with Gasteiger partial charge in [-0.3, -0.25) is 0 Å². The lowest BCUT2D eigenvalue weighted by molar-refractivity contribution is 0.744. The molecule has 9 rings (SSSR count). The van der Waals surface area contributed by atoms with Gasteiger partial charge in [-0.15, -0.1) is 6.58 Å². The highest BCUT2D eigenvalue weighted by molar-refractivity contribution is 6.62. The van der Waals surface area contributed by atoms with Crippen LogP contribution in [0.4, 0.5) is 0 Å². The number of benzene rings is 7. The molecular formula is C58H51BN. The predicted molar refractivity (Wildman–Crippen MR) is 262 cm³/mol. The summed E-state index contributed by atoms with van der Waals surface area (Å²) in [5, 5.41) is 5.01. The quantitative estimate of drug-likeness (QED) is 0.0809. The molecule has 1 nitrogen and oxygen atoms in total. The molecule has 0 amide bonds. The third-order valence-corrected chi connectivity index (χ3v) is 12.2. The molecule has 1 aliphatic carbocycles. The summed E-state index contributed by atoms with van der Waals surface area (Å²) < 4.78 is 0. The molecule has 0 spiro atoms. The van der Waals surface area contributed by atoms with Gasteiger partial charge in [0.1, 0.15) is 0 Å². The Balaban J connectivity index is 1.21. The van der Waals surface area contributed by atoms with E-state index in [4.69, 9.17) is 6.58 Å². The molecule has 0 saturated carbocycles. The molecule has 1 atom stereocenters. The second-order valence-electron chi connectivity index (χ2n) is 16.6. The van der Waals surface area contributed by atoms with Crippen LogP contribution in [-0.4, -0.2) is 12.3 Å². The van der Waals surface area contributed by atoms with E-state index in [-0.39, 0.29) is 0 Å². The number of allylic oxidation sites excluding steroid dienone is 8. The van der Waals surface area contributed by atoms with Crippen LogP contribution in [0.15, 0.2) is 199 Å². The molecule has 0 aliphatic heterocycles. The van der Waals surface area contributed by atoms with Gasteiger partial charge in [-0.25, -0.2) is 0 Å². The predicted octanol–water partition coefficient (Wildman–Crippen LogP) is 15.2. The molecule has 1 radical (unpaired) electrons. The fourth-order valence-electron chi connectivity index (χ4n) is 9.21. The third kappa shape index (κ3) is 7.67. The Bertz CT molecular complexity index is 3000. The molecule has 0 saturated heterocycles. The number of rotatable bonds is 10. The van der Waals surface area contributed by atoms with E-state index < -0.39 is 0 Å². The van der Waals surface area contributed by atoms with Crippen LogP contribution in [0, 0.1) is 0 Å². The second-order valence-corrected chi connectivity index (χ2v) is 16.6. The van der Waals surface area contributed by atoms with E-state index >= 15 is 0 Å². The Morgan fingerprint density at radius 2 is 1.47 bits per heavy atom. The minimum atomic E-state index is 0.447. The SMILES string of the molecule is C=C([B]c1ccc(-c2ccccc2C(C)C)cc1)C(=C\C(=Cc1cccc2c1[nH]c1ccc3ccccc3c12)c1ccccc1)/C=C1/C(=C\CC)CC(C)c2ccccc21. The van der Waals surface area contributed by atoms with Gasteiger partial charge in [0, 0.05) is 16.3 Å². The highest BCUT2D eigenvalue weighted by Gasteiger charge is 2.24. The summed E-state index contributed by atoms with van der Waals surface area (Å²) in [4.78, 5) is 3.82. The van der Waals surface area contributed by atoms with E-state index in [2.05, 4.69) is 222 Å². The van der Waals surface area contributed by atoms with Crippen molar-refractivity contribution >= 4 is 62.5 Å². The molecule has 0 fully saturated rings. The lowest BCUT2D eigenvalue weighted by atomic mass is 9.60. The molecule has 2 heteroatoms. The average Bonchev–Trinajstić information content (AvgIpc) is 3.68. The first-order valence-corrected chi connectivity index (χ1v) is 21.5. The fourth-order valence-corrected chi connectivity index (χ4v) is 9.21. The molecule has 7 aromatic carbocycles. The molecule has 1 aromatic heterocycles. The molecule has 0 bridgehead atoms. The van der Waals surface area contributed by atoms with Crippen LogP contribution < -0.4 is 5.46 Å². The maximum atomic E-state index is 4.82. The number of hydrogen-bond acceptors (Lipinski definition) is 0. The maximum absolute atomic E-state index is 4.82. The first kappa shape index (κ1) is 38.9. The number of para-hydroxylation sites is 1. The zero-order valence-corrected chi connectivity index (χ0v) is 35.2. The smallest absolute Gasteiger partial charge is 0.191 e. The van der Waals surface area contributed by atoms with Crippen molar-refractivity contribution in [1.29, 1.82) is 0 Å². The maximum Gasteiger partial charge on any atom is 0.191 e. The first-order chi connectivity index (χ1) is 29.4. The average molecular weight is 773 g/mol. The van der Waals surface area contributed by atoms with Gasteiger partial charge in [0.05, 0.1) is 5.52 Å². The molecule has 1 aliphatic rings. The first-order valence-electron chi connectivity index (χ1n) is 21.5. The Morgan fingerprint density at radius 3 is 2.27 bits per heavy atom. The molecule has 291 valence electrons. The molecule has 8 aromatic rings. The van der Waals surface area contributed by atoms with E-state index in [1.54, 1.807) is 0 Å². The Morgan fingerprint density at radius 1 is 0.750 bits per heavy atom. The normalized spacial score (nSPS) is 16.0. The zero-order valence-electron chi connectivity index (χ0n) is 35.2. The van der Waals surface area contributed by atoms with E-state index in [0.29, 0.717) is 11.8 Å². The lowest BCUT2D eigenvalue weighted by Crippen LogP contribution is -2.17. The van der Waals surface area contributed by atoms with Crippen molar-refractivity contribution in [1.82, 2.24) is 4.98 Å². The van der Waals surface area contributed by atoms with Gasteiger partial charge in [0.15, 0.2) is 7.28 Å². The number of aromatic nitrogens is 1. The second kappa shape index (κ2) is 16.9. The van der Waals surface area contributed by atoms with Crippen LogP contribution in [0.25, 0.3) is 60.9 Å². The van der Waals surface area contributed by atoms with Crippen molar-refractivity contribution in [3.8, 4) is 11.1 Å². The molecule has 1 heterocycles. The Labute approximate surface area is 356 Å². The van der Waals surface area contributed by atoms with Crippen LogP contribution in [0.2, 0.25) is 0 Å². The van der Waals surface area contributed by atoms with Crippen LogP contribution in [0.1, 0.15) is 80.2 Å². The van der Waals surface area contributed by atoms with Crippen LogP contribution >= 0.6 is 0 Å². The summed E-state index contributed by atoms with van der Waals surface area (Å²) in [5.74, 6) is 0.897. The number of aromatic amines is 1. The molecule has 1 N–H and O–H groups in total. The van der Waals surface area contributed by atoms with Crippen LogP contribution in [0.3, 0.4) is 0 Å². The number of H-pyrrole nitrogens is 1. The largest absolute Gasteiger partial charge is 0.354 e. The topological polar surface area (TPSA) is 15.8 Å². The number of nitrogens with one attached hydrogen (secondary N) is 1. The van der Waals surface area contributed by atoms with Gasteiger partial charge in [-0.05, 0) is 121 Å². The monoisotopic (exact) mass is 772 g/mol. The van der Waals surface area contributed by atoms with Crippen molar-refractivity contribution in [2.75, 3.05) is 0 Å². The van der Waals surface area contributed by atoms with Gasteiger partial charge in [0.25, 0.3) is 0 Å². The highest BCUT2D eigenvalue weighted by atomic mass is 14.7. The zero-order chi connectivity index (χ0) is 41.2. The molecular weight excluding hydrogens is 721 g/mol. The summed E-state index contributed by atoms with van der Waals surface area (Å²) >= 11 is 0. The van der Waals surface area contributed by atoms with E-state index in [1.165, 1.54) is 60.5 Å². The standard InChI is InChI=1S/C58H51BN/c1-6-17-44-34-39(4)50-23-13-15-26-53(50)55(44)37-46(40(5)59-48-31-28-43(29-32-48)51-24-14-12-22-49(51)38(2)3)36-47(41-18-8-7-9-19-41)35-45-21-16-27-54-57-52-25-11-10-20-42(52)30-33-56(57)60-58(45)54/h7-33,35-39,60H,5-6,34H2,1-4H3/b44-17-,46-36-,47-35?,55-37-. The number of fused-ring (bicyclic) bond motifs is 6. The van der Waals surface area contributed by atoms with E-state index in [0.717, 1.165) is 57.1 Å². The summed E-state index contributed by atoms with van der Waals surface area (Å²) in [5.41, 5.74) is 18.1. The third-order valence-electron chi connectivity index (χ3n) is 12.2. The molecule has 60 heavy (non-hydrogen) atoms. The fraction of sp³-hybridized carbons (Fsp3) is 0.138. The van der Waals surface area contributed by atoms with Crippen LogP contribution in [0.5, 0.6) is 0 Å². The van der Waals surface area contributed by atoms with Gasteiger partial charge >= 0.3 is 0 Å².